The summed E-state index contributed by atoms with van der Waals surface area (Å²) in [6.45, 7) is 2.89. The molecule has 4 aromatic rings. The molecule has 0 bridgehead atoms. The summed E-state index contributed by atoms with van der Waals surface area (Å²) in [5, 5.41) is 3.15. The number of pyridine rings is 2. The molecular weight excluding hydrogens is 592 g/mol. The normalized spacial score (nSPS) is 16.4. The van der Waals surface area contributed by atoms with Gasteiger partial charge in [0.1, 0.15) is 28.5 Å². The van der Waals surface area contributed by atoms with Gasteiger partial charge in [0, 0.05) is 52.3 Å². The lowest BCUT2D eigenvalue weighted by Gasteiger charge is -2.34. The molecule has 2 aliphatic rings. The Kier molecular flexibility index (Phi) is 9.21. The zero-order valence-electron chi connectivity index (χ0n) is 24.7. The van der Waals surface area contributed by atoms with Gasteiger partial charge in [-0.25, -0.2) is 9.37 Å². The molecule has 2 unspecified atom stereocenters. The fraction of sp³-hybridized carbons (Fsp3) is 0.333. The van der Waals surface area contributed by atoms with Gasteiger partial charge in [0.2, 0.25) is 6.41 Å². The standard InChI is InChI=1S/C32H29F4N3O3.CH3NO/c1-17-16-42-30-24(17)13-26(39-29(30)19-6-8-23(33)9-7-19)25(18-4-3-5-18)15-38-31(40)21-10-20-11-22(32(34,35)36)14-37-28(20)27(12-21)41-2;2-1-3/h6-14,17-18,25H,3-5,15-16H2,1-2H3,(H,38,40);1H,(H2,2,3). The summed E-state index contributed by atoms with van der Waals surface area (Å²) in [6, 6.07) is 12.0. The molecular formula is C33H32F4N4O4. The summed E-state index contributed by atoms with van der Waals surface area (Å²) in [7, 11) is 1.38. The fourth-order valence-electron chi connectivity index (χ4n) is 5.70. The van der Waals surface area contributed by atoms with Crippen molar-refractivity contribution < 1.29 is 36.6 Å². The first-order valence-corrected chi connectivity index (χ1v) is 14.5. The highest BCUT2D eigenvalue weighted by atomic mass is 19.4. The first-order valence-electron chi connectivity index (χ1n) is 14.5. The van der Waals surface area contributed by atoms with Crippen LogP contribution in [0.2, 0.25) is 0 Å². The van der Waals surface area contributed by atoms with E-state index >= 15 is 0 Å². The number of carbonyl (C=O) groups excluding carboxylic acids is 2. The predicted molar refractivity (Wildman–Crippen MR) is 160 cm³/mol. The second-order valence-electron chi connectivity index (χ2n) is 11.1. The van der Waals surface area contributed by atoms with Gasteiger partial charge in [-0.05, 0) is 67.3 Å². The van der Waals surface area contributed by atoms with Crippen molar-refractivity contribution in [1.29, 1.82) is 0 Å². The summed E-state index contributed by atoms with van der Waals surface area (Å²) >= 11 is 0. The number of rotatable bonds is 7. The van der Waals surface area contributed by atoms with Crippen LogP contribution < -0.4 is 20.5 Å². The molecule has 3 N–H and O–H groups in total. The lowest BCUT2D eigenvalue weighted by Crippen LogP contribution is -2.34. The van der Waals surface area contributed by atoms with Gasteiger partial charge < -0.3 is 20.5 Å². The van der Waals surface area contributed by atoms with Crippen LogP contribution in [-0.4, -0.2) is 42.5 Å². The van der Waals surface area contributed by atoms with Crippen molar-refractivity contribution in [2.24, 2.45) is 11.7 Å². The summed E-state index contributed by atoms with van der Waals surface area (Å²) in [5.74, 6) is 0.489. The van der Waals surface area contributed by atoms with Gasteiger partial charge in [0.25, 0.3) is 5.91 Å². The molecule has 2 amide bonds. The van der Waals surface area contributed by atoms with E-state index in [0.717, 1.165) is 48.3 Å². The van der Waals surface area contributed by atoms with Crippen molar-refractivity contribution in [2.45, 2.75) is 44.2 Å². The number of nitrogens with zero attached hydrogens (tertiary/aromatic N) is 2. The van der Waals surface area contributed by atoms with Crippen LogP contribution in [-0.2, 0) is 11.0 Å². The maximum atomic E-state index is 13.7. The average molecular weight is 625 g/mol. The molecule has 1 aliphatic heterocycles. The number of hydrogen-bond donors (Lipinski definition) is 2. The zero-order chi connectivity index (χ0) is 32.3. The van der Waals surface area contributed by atoms with E-state index in [1.165, 1.54) is 31.4 Å². The van der Waals surface area contributed by atoms with Crippen LogP contribution in [0.15, 0.2) is 54.7 Å². The van der Waals surface area contributed by atoms with Crippen LogP contribution >= 0.6 is 0 Å². The van der Waals surface area contributed by atoms with E-state index in [1.54, 1.807) is 12.1 Å². The second kappa shape index (κ2) is 13.1. The van der Waals surface area contributed by atoms with Gasteiger partial charge in [-0.15, -0.1) is 0 Å². The molecule has 12 heteroatoms. The van der Waals surface area contributed by atoms with Crippen LogP contribution in [0.4, 0.5) is 17.6 Å². The van der Waals surface area contributed by atoms with E-state index in [4.69, 9.17) is 19.3 Å². The molecule has 1 fully saturated rings. The van der Waals surface area contributed by atoms with E-state index < -0.39 is 17.6 Å². The Morgan fingerprint density at radius 2 is 1.89 bits per heavy atom. The smallest absolute Gasteiger partial charge is 0.417 e. The number of aromatic nitrogens is 2. The highest BCUT2D eigenvalue weighted by molar-refractivity contribution is 6.00. The highest BCUT2D eigenvalue weighted by Gasteiger charge is 2.34. The number of amides is 2. The number of nitrogens with two attached hydrogens (primary N) is 1. The topological polar surface area (TPSA) is 116 Å². The summed E-state index contributed by atoms with van der Waals surface area (Å²) in [4.78, 5) is 30.9. The minimum absolute atomic E-state index is 0.0964. The molecule has 3 heterocycles. The monoisotopic (exact) mass is 624 g/mol. The molecule has 2 atom stereocenters. The van der Waals surface area contributed by atoms with Crippen molar-refractivity contribution >= 4 is 23.2 Å². The Bertz CT molecular complexity index is 1710. The molecule has 0 saturated heterocycles. The molecule has 6 rings (SSSR count). The van der Waals surface area contributed by atoms with Crippen LogP contribution in [0, 0.1) is 11.7 Å². The molecule has 0 radical (unpaired) electrons. The Morgan fingerprint density at radius 3 is 2.51 bits per heavy atom. The van der Waals surface area contributed by atoms with Crippen LogP contribution in [0.25, 0.3) is 22.2 Å². The third kappa shape index (κ3) is 6.69. The Morgan fingerprint density at radius 1 is 1.18 bits per heavy atom. The first kappa shape index (κ1) is 31.7. The second-order valence-corrected chi connectivity index (χ2v) is 11.1. The van der Waals surface area contributed by atoms with Gasteiger partial charge in [-0.1, -0.05) is 13.3 Å². The SMILES string of the molecule is COc1cc(C(=O)NCC(c2cc3c(c(-c4ccc(F)cc4)n2)OCC3C)C2CCC2)cc2cc(C(F)(F)F)cnc12.NC=O. The molecule has 0 spiro atoms. The number of ether oxygens (including phenoxy) is 2. The van der Waals surface area contributed by atoms with Crippen LogP contribution in [0.3, 0.4) is 0 Å². The molecule has 45 heavy (non-hydrogen) atoms. The number of primary amides is 1. The molecule has 2 aromatic carbocycles. The van der Waals surface area contributed by atoms with Crippen molar-refractivity contribution in [1.82, 2.24) is 15.3 Å². The number of nitrogens with one attached hydrogen (secondary N) is 1. The van der Waals surface area contributed by atoms with E-state index in [-0.39, 0.29) is 52.8 Å². The number of fused-ring (bicyclic) bond motifs is 2. The molecule has 2 aromatic heterocycles. The fourth-order valence-corrected chi connectivity index (χ4v) is 5.70. The van der Waals surface area contributed by atoms with Gasteiger partial charge >= 0.3 is 6.18 Å². The largest absolute Gasteiger partial charge is 0.494 e. The van der Waals surface area contributed by atoms with Crippen molar-refractivity contribution in [2.75, 3.05) is 20.3 Å². The first-order chi connectivity index (χ1) is 21.5. The maximum absolute atomic E-state index is 13.7. The van der Waals surface area contributed by atoms with E-state index in [9.17, 15) is 22.4 Å². The van der Waals surface area contributed by atoms with E-state index in [2.05, 4.69) is 29.0 Å². The molecule has 8 nitrogen and oxygen atoms in total. The van der Waals surface area contributed by atoms with Gasteiger partial charge in [-0.2, -0.15) is 13.2 Å². The number of methoxy groups -OCH3 is 1. The van der Waals surface area contributed by atoms with Gasteiger partial charge in [0.05, 0.1) is 19.3 Å². The number of alkyl halides is 3. The Balaban J connectivity index is 0.00000128. The van der Waals surface area contributed by atoms with Crippen LogP contribution in [0.1, 0.15) is 65.2 Å². The summed E-state index contributed by atoms with van der Waals surface area (Å²) in [5.41, 5.74) is 6.92. The van der Waals surface area contributed by atoms with Gasteiger partial charge in [0.15, 0.2) is 0 Å². The molecule has 1 aliphatic carbocycles. The third-order valence-electron chi connectivity index (χ3n) is 8.29. The molecule has 1 saturated carbocycles. The van der Waals surface area contributed by atoms with E-state index in [0.29, 0.717) is 24.0 Å². The summed E-state index contributed by atoms with van der Waals surface area (Å²) in [6.07, 6.45) is -0.495. The van der Waals surface area contributed by atoms with Crippen molar-refractivity contribution in [3.63, 3.8) is 0 Å². The average Bonchev–Trinajstić information content (AvgIpc) is 3.37. The minimum atomic E-state index is -4.57. The number of carbonyl (C=O) groups is 2. The predicted octanol–water partition coefficient (Wildman–Crippen LogP) is 6.37. The van der Waals surface area contributed by atoms with Crippen molar-refractivity contribution in [3.8, 4) is 22.8 Å². The minimum Gasteiger partial charge on any atom is -0.494 e. The number of benzene rings is 2. The Labute approximate surface area is 257 Å². The lowest BCUT2D eigenvalue weighted by molar-refractivity contribution is -0.137. The molecule has 236 valence electrons. The van der Waals surface area contributed by atoms with Gasteiger partial charge in [-0.3, -0.25) is 14.6 Å². The third-order valence-corrected chi connectivity index (χ3v) is 8.29. The number of halogens is 4. The lowest BCUT2D eigenvalue weighted by atomic mass is 9.74. The number of hydrogen-bond acceptors (Lipinski definition) is 6. The van der Waals surface area contributed by atoms with Crippen molar-refractivity contribution in [3.05, 3.63) is 82.9 Å². The summed E-state index contributed by atoms with van der Waals surface area (Å²) < 4.78 is 65.0. The van der Waals surface area contributed by atoms with E-state index in [1.807, 2.05) is 0 Å². The Hall–Kier alpha value is -4.74. The highest BCUT2D eigenvalue weighted by Crippen LogP contribution is 2.45. The zero-order valence-corrected chi connectivity index (χ0v) is 24.7. The van der Waals surface area contributed by atoms with Crippen LogP contribution in [0.5, 0.6) is 11.5 Å². The quantitative estimate of drug-likeness (QED) is 0.182. The maximum Gasteiger partial charge on any atom is 0.417 e.